The molecule has 0 spiro atoms. The fraction of sp³-hybridized carbons (Fsp3) is 1.00. The van der Waals surface area contributed by atoms with Crippen LogP contribution in [0.25, 0.3) is 0 Å². The first kappa shape index (κ1) is 16.0. The molecule has 0 amide bonds. The molecule has 0 saturated carbocycles. The molecule has 0 fully saturated rings. The largest absolute Gasteiger partial charge is 0.317 e. The van der Waals surface area contributed by atoms with Gasteiger partial charge in [-0.25, -0.2) is 0 Å². The van der Waals surface area contributed by atoms with Crippen LogP contribution in [0, 0.1) is 5.92 Å². The summed E-state index contributed by atoms with van der Waals surface area (Å²) in [4.78, 5) is 0. The summed E-state index contributed by atoms with van der Waals surface area (Å²) in [5.41, 5.74) is 0. The van der Waals surface area contributed by atoms with E-state index in [2.05, 4.69) is 33.1 Å². The molecule has 0 radical (unpaired) electrons. The second kappa shape index (κ2) is 11.4. The van der Waals surface area contributed by atoms with Gasteiger partial charge in [-0.15, -0.1) is 0 Å². The highest BCUT2D eigenvalue weighted by Crippen LogP contribution is 2.15. The standard InChI is InChI=1S/C15H33N/c1-5-7-8-9-10-11-12-15(16-4)13-14(3)6-2/h14-16H,5-13H2,1-4H3. The lowest BCUT2D eigenvalue weighted by Gasteiger charge is -2.19. The van der Waals surface area contributed by atoms with Crippen molar-refractivity contribution in [3.8, 4) is 0 Å². The predicted molar refractivity (Wildman–Crippen MR) is 74.9 cm³/mol. The molecule has 1 N–H and O–H groups in total. The van der Waals surface area contributed by atoms with Crippen LogP contribution < -0.4 is 5.32 Å². The fourth-order valence-electron chi connectivity index (χ4n) is 2.20. The lowest BCUT2D eigenvalue weighted by molar-refractivity contribution is 0.383. The van der Waals surface area contributed by atoms with Crippen molar-refractivity contribution in [2.24, 2.45) is 5.92 Å². The molecule has 0 aliphatic carbocycles. The van der Waals surface area contributed by atoms with Crippen LogP contribution in [0.1, 0.15) is 78.6 Å². The second-order valence-corrected chi connectivity index (χ2v) is 5.29. The maximum Gasteiger partial charge on any atom is 0.00665 e. The molecule has 0 bridgehead atoms. The second-order valence-electron chi connectivity index (χ2n) is 5.29. The van der Waals surface area contributed by atoms with Crippen LogP contribution >= 0.6 is 0 Å². The van der Waals surface area contributed by atoms with E-state index in [1.165, 1.54) is 57.8 Å². The molecule has 0 aromatic heterocycles. The number of nitrogens with one attached hydrogen (secondary N) is 1. The topological polar surface area (TPSA) is 12.0 Å². The van der Waals surface area contributed by atoms with Gasteiger partial charge in [0.2, 0.25) is 0 Å². The first-order chi connectivity index (χ1) is 7.74. The summed E-state index contributed by atoms with van der Waals surface area (Å²) in [5, 5.41) is 3.47. The molecule has 0 heterocycles. The number of hydrogen-bond acceptors (Lipinski definition) is 1. The van der Waals surface area contributed by atoms with E-state index in [9.17, 15) is 0 Å². The SMILES string of the molecule is CCCCCCCCC(CC(C)CC)NC. The van der Waals surface area contributed by atoms with Gasteiger partial charge in [-0.05, 0) is 25.8 Å². The zero-order valence-electron chi connectivity index (χ0n) is 12.0. The number of rotatable bonds is 11. The minimum absolute atomic E-state index is 0.751. The summed E-state index contributed by atoms with van der Waals surface area (Å²) in [6.45, 7) is 6.94. The minimum Gasteiger partial charge on any atom is -0.317 e. The van der Waals surface area contributed by atoms with Crippen molar-refractivity contribution >= 4 is 0 Å². The van der Waals surface area contributed by atoms with Crippen molar-refractivity contribution in [3.05, 3.63) is 0 Å². The Labute approximate surface area is 103 Å². The minimum atomic E-state index is 0.751. The normalized spacial score (nSPS) is 15.0. The van der Waals surface area contributed by atoms with E-state index >= 15 is 0 Å². The smallest absolute Gasteiger partial charge is 0.00665 e. The summed E-state index contributed by atoms with van der Waals surface area (Å²) in [7, 11) is 2.12. The third-order valence-electron chi connectivity index (χ3n) is 3.70. The van der Waals surface area contributed by atoms with Crippen LogP contribution in [0.5, 0.6) is 0 Å². The van der Waals surface area contributed by atoms with E-state index in [4.69, 9.17) is 0 Å². The maximum atomic E-state index is 3.47. The van der Waals surface area contributed by atoms with E-state index in [-0.39, 0.29) is 0 Å². The van der Waals surface area contributed by atoms with E-state index in [1.54, 1.807) is 0 Å². The van der Waals surface area contributed by atoms with Crippen LogP contribution in [-0.4, -0.2) is 13.1 Å². The number of unbranched alkanes of at least 4 members (excludes halogenated alkanes) is 5. The summed E-state index contributed by atoms with van der Waals surface area (Å²) < 4.78 is 0. The van der Waals surface area contributed by atoms with Crippen LogP contribution in [0.2, 0.25) is 0 Å². The van der Waals surface area contributed by atoms with Crippen molar-refractivity contribution in [2.45, 2.75) is 84.6 Å². The molecule has 0 aliphatic rings. The molecule has 1 heteroatoms. The van der Waals surface area contributed by atoms with Crippen molar-refractivity contribution < 1.29 is 0 Å². The van der Waals surface area contributed by atoms with Crippen LogP contribution in [0.4, 0.5) is 0 Å². The van der Waals surface area contributed by atoms with Crippen LogP contribution in [0.15, 0.2) is 0 Å². The van der Waals surface area contributed by atoms with Gasteiger partial charge in [0.15, 0.2) is 0 Å². The summed E-state index contributed by atoms with van der Waals surface area (Å²) in [6, 6.07) is 0.751. The first-order valence-corrected chi connectivity index (χ1v) is 7.41. The Morgan fingerprint density at radius 3 is 2.12 bits per heavy atom. The maximum absolute atomic E-state index is 3.47. The monoisotopic (exact) mass is 227 g/mol. The zero-order valence-corrected chi connectivity index (χ0v) is 12.0. The predicted octanol–water partition coefficient (Wildman–Crippen LogP) is 4.76. The van der Waals surface area contributed by atoms with E-state index in [1.807, 2.05) is 0 Å². The Bertz CT molecular complexity index is 133. The van der Waals surface area contributed by atoms with Gasteiger partial charge in [0.25, 0.3) is 0 Å². The molecule has 98 valence electrons. The van der Waals surface area contributed by atoms with Gasteiger partial charge in [0.1, 0.15) is 0 Å². The van der Waals surface area contributed by atoms with E-state index < -0.39 is 0 Å². The Hall–Kier alpha value is -0.0400. The van der Waals surface area contributed by atoms with Gasteiger partial charge in [0, 0.05) is 6.04 Å². The number of hydrogen-bond donors (Lipinski definition) is 1. The van der Waals surface area contributed by atoms with Crippen LogP contribution in [0.3, 0.4) is 0 Å². The quantitative estimate of drug-likeness (QED) is 0.502. The Kier molecular flexibility index (Phi) is 11.4. The van der Waals surface area contributed by atoms with E-state index in [0.717, 1.165) is 12.0 Å². The van der Waals surface area contributed by atoms with Crippen LogP contribution in [-0.2, 0) is 0 Å². The van der Waals surface area contributed by atoms with Gasteiger partial charge < -0.3 is 5.32 Å². The molecular formula is C15H33N. The first-order valence-electron chi connectivity index (χ1n) is 7.41. The van der Waals surface area contributed by atoms with Gasteiger partial charge in [-0.2, -0.15) is 0 Å². The third kappa shape index (κ3) is 9.21. The van der Waals surface area contributed by atoms with Crippen molar-refractivity contribution in [2.75, 3.05) is 7.05 Å². The third-order valence-corrected chi connectivity index (χ3v) is 3.70. The molecule has 0 aromatic rings. The van der Waals surface area contributed by atoms with Crippen molar-refractivity contribution in [3.63, 3.8) is 0 Å². The highest BCUT2D eigenvalue weighted by molar-refractivity contribution is 4.67. The van der Waals surface area contributed by atoms with Crippen molar-refractivity contribution in [1.82, 2.24) is 5.32 Å². The Morgan fingerprint density at radius 2 is 1.56 bits per heavy atom. The molecule has 0 aliphatic heterocycles. The summed E-state index contributed by atoms with van der Waals surface area (Å²) in [6.07, 6.45) is 12.5. The van der Waals surface area contributed by atoms with Gasteiger partial charge in [-0.1, -0.05) is 65.7 Å². The zero-order chi connectivity index (χ0) is 12.2. The summed E-state index contributed by atoms with van der Waals surface area (Å²) in [5.74, 6) is 0.873. The molecule has 2 atom stereocenters. The molecule has 1 nitrogen and oxygen atoms in total. The molecule has 0 aromatic carbocycles. The van der Waals surface area contributed by atoms with Gasteiger partial charge >= 0.3 is 0 Å². The molecule has 16 heavy (non-hydrogen) atoms. The molecule has 2 unspecified atom stereocenters. The molecule has 0 rings (SSSR count). The highest BCUT2D eigenvalue weighted by atomic mass is 14.9. The van der Waals surface area contributed by atoms with Gasteiger partial charge in [-0.3, -0.25) is 0 Å². The average molecular weight is 227 g/mol. The van der Waals surface area contributed by atoms with Gasteiger partial charge in [0.05, 0.1) is 0 Å². The Morgan fingerprint density at radius 1 is 0.938 bits per heavy atom. The van der Waals surface area contributed by atoms with E-state index in [0.29, 0.717) is 0 Å². The molecule has 0 saturated heterocycles. The Balaban J connectivity index is 3.40. The van der Waals surface area contributed by atoms with Crippen molar-refractivity contribution in [1.29, 1.82) is 0 Å². The lowest BCUT2D eigenvalue weighted by atomic mass is 9.95. The highest BCUT2D eigenvalue weighted by Gasteiger charge is 2.09. The molecular weight excluding hydrogens is 194 g/mol. The average Bonchev–Trinajstić information content (AvgIpc) is 2.31. The fourth-order valence-corrected chi connectivity index (χ4v) is 2.20. The lowest BCUT2D eigenvalue weighted by Crippen LogP contribution is -2.27. The summed E-state index contributed by atoms with van der Waals surface area (Å²) >= 11 is 0.